The molecule has 140 valence electrons. The first-order chi connectivity index (χ1) is 13.1. The molecule has 4 heteroatoms. The zero-order valence-corrected chi connectivity index (χ0v) is 16.9. The molecule has 3 nitrogen and oxygen atoms in total. The van der Waals surface area contributed by atoms with Gasteiger partial charge in [-0.05, 0) is 73.8 Å². The molecule has 0 atom stereocenters. The highest BCUT2D eigenvalue weighted by Gasteiger charge is 2.25. The molecule has 1 fully saturated rings. The van der Waals surface area contributed by atoms with Crippen molar-refractivity contribution in [1.29, 1.82) is 0 Å². The number of nitrogens with zero attached hydrogens (tertiary/aromatic N) is 1. The number of benzene rings is 2. The molecule has 1 heterocycles. The fraction of sp³-hybridized carbons (Fsp3) is 0.348. The summed E-state index contributed by atoms with van der Waals surface area (Å²) in [4.78, 5) is 5.80. The van der Waals surface area contributed by atoms with Gasteiger partial charge < -0.3 is 15.2 Å². The molecule has 0 unspecified atom stereocenters. The van der Waals surface area contributed by atoms with E-state index in [1.54, 1.807) is 0 Å². The highest BCUT2D eigenvalue weighted by Crippen LogP contribution is 2.28. The van der Waals surface area contributed by atoms with Crippen LogP contribution in [0.15, 0.2) is 48.7 Å². The maximum Gasteiger partial charge on any atom is 0.173 e. The number of aromatic amines is 1. The van der Waals surface area contributed by atoms with Gasteiger partial charge in [0.2, 0.25) is 0 Å². The van der Waals surface area contributed by atoms with Crippen molar-refractivity contribution in [3.05, 3.63) is 65.4 Å². The molecule has 3 aromatic rings. The van der Waals surface area contributed by atoms with Crippen LogP contribution in [0, 0.1) is 13.8 Å². The number of anilines is 1. The molecule has 4 rings (SSSR count). The van der Waals surface area contributed by atoms with Gasteiger partial charge >= 0.3 is 0 Å². The molecule has 1 aromatic heterocycles. The minimum atomic E-state index is 0.518. The monoisotopic (exact) mass is 377 g/mol. The molecular weight excluding hydrogens is 350 g/mol. The quantitative estimate of drug-likeness (QED) is 0.553. The molecule has 0 saturated heterocycles. The largest absolute Gasteiger partial charge is 0.361 e. The van der Waals surface area contributed by atoms with E-state index in [1.165, 1.54) is 53.3 Å². The van der Waals surface area contributed by atoms with E-state index in [0.717, 1.165) is 17.3 Å². The lowest BCUT2D eigenvalue weighted by Crippen LogP contribution is -2.40. The Morgan fingerprint density at radius 2 is 1.81 bits per heavy atom. The summed E-state index contributed by atoms with van der Waals surface area (Å²) >= 11 is 5.88. The fourth-order valence-electron chi connectivity index (χ4n) is 4.27. The van der Waals surface area contributed by atoms with E-state index < -0.39 is 0 Å². The smallest absolute Gasteiger partial charge is 0.173 e. The Morgan fingerprint density at radius 3 is 2.56 bits per heavy atom. The van der Waals surface area contributed by atoms with Crippen LogP contribution in [-0.4, -0.2) is 21.0 Å². The summed E-state index contributed by atoms with van der Waals surface area (Å²) in [7, 11) is 0. The van der Waals surface area contributed by atoms with Crippen molar-refractivity contribution >= 4 is 33.9 Å². The minimum absolute atomic E-state index is 0.518. The van der Waals surface area contributed by atoms with E-state index in [2.05, 4.69) is 77.7 Å². The summed E-state index contributed by atoms with van der Waals surface area (Å²) in [6.45, 7) is 5.09. The second-order valence-corrected chi connectivity index (χ2v) is 8.12. The number of H-pyrrole nitrogens is 1. The van der Waals surface area contributed by atoms with Crippen LogP contribution < -0.4 is 5.32 Å². The summed E-state index contributed by atoms with van der Waals surface area (Å²) in [5.74, 6) is 0. The second kappa shape index (κ2) is 7.73. The molecule has 0 aliphatic heterocycles. The standard InChI is InChI=1S/C23H27N3S/c1-16-11-17(2)13-19(12-16)25-23(27)26(20-7-3-4-8-20)15-18-14-24-22-10-6-5-9-21(18)22/h5-6,9-14,20,24H,3-4,7-8,15H2,1-2H3,(H,25,27). The van der Waals surface area contributed by atoms with Crippen molar-refractivity contribution < 1.29 is 0 Å². The molecular formula is C23H27N3S. The number of aromatic nitrogens is 1. The second-order valence-electron chi connectivity index (χ2n) is 7.73. The first-order valence-electron chi connectivity index (χ1n) is 9.81. The number of rotatable bonds is 4. The summed E-state index contributed by atoms with van der Waals surface area (Å²) in [6, 6.07) is 15.5. The van der Waals surface area contributed by atoms with Crippen LogP contribution in [0.1, 0.15) is 42.4 Å². The third-order valence-corrected chi connectivity index (χ3v) is 5.85. The number of fused-ring (bicyclic) bond motifs is 1. The Bertz CT molecular complexity index is 933. The number of hydrogen-bond donors (Lipinski definition) is 2. The van der Waals surface area contributed by atoms with Gasteiger partial charge in [0.05, 0.1) is 0 Å². The van der Waals surface area contributed by atoms with Crippen molar-refractivity contribution in [1.82, 2.24) is 9.88 Å². The van der Waals surface area contributed by atoms with Crippen molar-refractivity contribution in [3.63, 3.8) is 0 Å². The van der Waals surface area contributed by atoms with Gasteiger partial charge in [0.1, 0.15) is 0 Å². The Balaban J connectivity index is 1.59. The third-order valence-electron chi connectivity index (χ3n) is 5.51. The molecule has 1 saturated carbocycles. The normalized spacial score (nSPS) is 14.6. The predicted molar refractivity (Wildman–Crippen MR) is 118 cm³/mol. The van der Waals surface area contributed by atoms with Crippen molar-refractivity contribution in [2.45, 2.75) is 52.1 Å². The maximum absolute atomic E-state index is 5.88. The number of aryl methyl sites for hydroxylation is 2. The number of thiocarbonyl (C=S) groups is 1. The molecule has 1 aliphatic carbocycles. The average Bonchev–Trinajstić information content (AvgIpc) is 3.28. The van der Waals surface area contributed by atoms with Crippen LogP contribution in [0.2, 0.25) is 0 Å². The van der Waals surface area contributed by atoms with Crippen LogP contribution in [0.5, 0.6) is 0 Å². The molecule has 27 heavy (non-hydrogen) atoms. The van der Waals surface area contributed by atoms with Crippen LogP contribution in [0.4, 0.5) is 5.69 Å². The molecule has 0 amide bonds. The molecule has 0 radical (unpaired) electrons. The van der Waals surface area contributed by atoms with Crippen LogP contribution >= 0.6 is 12.2 Å². The minimum Gasteiger partial charge on any atom is -0.361 e. The van der Waals surface area contributed by atoms with E-state index in [-0.39, 0.29) is 0 Å². The first-order valence-corrected chi connectivity index (χ1v) is 10.2. The van der Waals surface area contributed by atoms with E-state index in [9.17, 15) is 0 Å². The zero-order chi connectivity index (χ0) is 18.8. The van der Waals surface area contributed by atoms with Crippen LogP contribution in [0.25, 0.3) is 10.9 Å². The van der Waals surface area contributed by atoms with Crippen molar-refractivity contribution in [2.75, 3.05) is 5.32 Å². The van der Waals surface area contributed by atoms with Gasteiger partial charge in [-0.2, -0.15) is 0 Å². The molecule has 2 N–H and O–H groups in total. The number of hydrogen-bond acceptors (Lipinski definition) is 1. The predicted octanol–water partition coefficient (Wildman–Crippen LogP) is 5.93. The van der Waals surface area contributed by atoms with Gasteiger partial charge in [-0.25, -0.2) is 0 Å². The van der Waals surface area contributed by atoms with Gasteiger partial charge in [-0.15, -0.1) is 0 Å². The topological polar surface area (TPSA) is 31.1 Å². The number of nitrogens with one attached hydrogen (secondary N) is 2. The van der Waals surface area contributed by atoms with Crippen molar-refractivity contribution in [2.24, 2.45) is 0 Å². The van der Waals surface area contributed by atoms with Crippen molar-refractivity contribution in [3.8, 4) is 0 Å². The summed E-state index contributed by atoms with van der Waals surface area (Å²) in [5, 5.41) is 5.63. The van der Waals surface area contributed by atoms with Crippen LogP contribution in [-0.2, 0) is 6.54 Å². The fourth-order valence-corrected chi connectivity index (χ4v) is 4.60. The summed E-state index contributed by atoms with van der Waals surface area (Å²) in [6.07, 6.45) is 7.16. The van der Waals surface area contributed by atoms with Gasteiger partial charge in [0.25, 0.3) is 0 Å². The Kier molecular flexibility index (Phi) is 5.17. The SMILES string of the molecule is Cc1cc(C)cc(NC(=S)N(Cc2c[nH]c3ccccc23)C2CCCC2)c1. The highest BCUT2D eigenvalue weighted by molar-refractivity contribution is 7.80. The van der Waals surface area contributed by atoms with Gasteiger partial charge in [0, 0.05) is 35.4 Å². The Labute approximate surface area is 166 Å². The lowest BCUT2D eigenvalue weighted by atomic mass is 10.1. The molecule has 1 aliphatic rings. The highest BCUT2D eigenvalue weighted by atomic mass is 32.1. The Hall–Kier alpha value is -2.33. The third kappa shape index (κ3) is 4.01. The van der Waals surface area contributed by atoms with E-state index in [4.69, 9.17) is 12.2 Å². The molecule has 0 bridgehead atoms. The van der Waals surface area contributed by atoms with E-state index >= 15 is 0 Å². The average molecular weight is 378 g/mol. The van der Waals surface area contributed by atoms with Crippen LogP contribution in [0.3, 0.4) is 0 Å². The summed E-state index contributed by atoms with van der Waals surface area (Å²) in [5.41, 5.74) is 6.09. The van der Waals surface area contributed by atoms with Gasteiger partial charge in [0.15, 0.2) is 5.11 Å². The number of para-hydroxylation sites is 1. The molecule has 2 aromatic carbocycles. The Morgan fingerprint density at radius 1 is 1.11 bits per heavy atom. The zero-order valence-electron chi connectivity index (χ0n) is 16.1. The summed E-state index contributed by atoms with van der Waals surface area (Å²) < 4.78 is 0. The van der Waals surface area contributed by atoms with E-state index in [0.29, 0.717) is 6.04 Å². The lowest BCUT2D eigenvalue weighted by molar-refractivity contribution is 0.313. The lowest BCUT2D eigenvalue weighted by Gasteiger charge is -2.32. The van der Waals surface area contributed by atoms with Gasteiger partial charge in [-0.3, -0.25) is 0 Å². The maximum atomic E-state index is 5.88. The molecule has 0 spiro atoms. The van der Waals surface area contributed by atoms with E-state index in [1.807, 2.05) is 0 Å². The van der Waals surface area contributed by atoms with Gasteiger partial charge in [-0.1, -0.05) is 37.1 Å². The first kappa shape index (κ1) is 18.1.